The molecule has 0 bridgehead atoms. The molecule has 0 aliphatic carbocycles. The fourth-order valence-corrected chi connectivity index (χ4v) is 4.15. The lowest BCUT2D eigenvalue weighted by atomic mass is 10.2. The van der Waals surface area contributed by atoms with Gasteiger partial charge in [-0.3, -0.25) is 19.5 Å². The van der Waals surface area contributed by atoms with Crippen LogP contribution < -0.4 is 26.1 Å². The molecule has 2 aromatic rings. The zero-order chi connectivity index (χ0) is 24.8. The minimum Gasteiger partial charge on any atom is -0.491 e. The lowest BCUT2D eigenvalue weighted by Gasteiger charge is -2.26. The summed E-state index contributed by atoms with van der Waals surface area (Å²) in [5.74, 6) is 1.36. The molecule has 1 amide bonds. The van der Waals surface area contributed by atoms with Crippen molar-refractivity contribution in [1.82, 2.24) is 19.5 Å². The third kappa shape index (κ3) is 5.73. The maximum Gasteiger partial charge on any atom is 0.277 e. The van der Waals surface area contributed by atoms with Gasteiger partial charge in [0.2, 0.25) is 5.62 Å². The van der Waals surface area contributed by atoms with E-state index in [1.54, 1.807) is 14.0 Å². The van der Waals surface area contributed by atoms with E-state index in [0.717, 1.165) is 55.5 Å². The first-order valence-electron chi connectivity index (χ1n) is 11.7. The largest absolute Gasteiger partial charge is 0.491 e. The van der Waals surface area contributed by atoms with Crippen LogP contribution in [0.4, 0.5) is 5.82 Å². The summed E-state index contributed by atoms with van der Waals surface area (Å²) >= 11 is 0. The maximum absolute atomic E-state index is 12.7. The van der Waals surface area contributed by atoms with Crippen molar-refractivity contribution in [2.75, 3.05) is 65.1 Å². The van der Waals surface area contributed by atoms with Crippen molar-refractivity contribution in [2.24, 2.45) is 10.7 Å². The molecule has 4 N–H and O–H groups in total. The van der Waals surface area contributed by atoms with E-state index in [-0.39, 0.29) is 17.9 Å². The highest BCUT2D eigenvalue weighted by atomic mass is 16.5. The number of methoxy groups -OCH3 is 1. The Labute approximate surface area is 203 Å². The molecular weight excluding hydrogens is 454 g/mol. The van der Waals surface area contributed by atoms with Gasteiger partial charge in [-0.25, -0.2) is 10.0 Å². The number of hydrogen-bond acceptors (Lipinski definition) is 10. The second-order valence-corrected chi connectivity index (χ2v) is 8.34. The van der Waals surface area contributed by atoms with E-state index in [9.17, 15) is 10.0 Å². The lowest BCUT2D eigenvalue weighted by Crippen LogP contribution is -2.37. The monoisotopic (exact) mass is 487 g/mol. The van der Waals surface area contributed by atoms with Crippen LogP contribution in [0.1, 0.15) is 13.3 Å². The third-order valence-electron chi connectivity index (χ3n) is 5.95. The molecule has 2 aliphatic heterocycles. The Balaban J connectivity index is 1.62. The summed E-state index contributed by atoms with van der Waals surface area (Å²) in [5, 5.41) is 14.5. The van der Waals surface area contributed by atoms with Crippen molar-refractivity contribution in [3.8, 4) is 11.5 Å². The average molecular weight is 488 g/mol. The van der Waals surface area contributed by atoms with E-state index in [1.165, 1.54) is 6.20 Å². The summed E-state index contributed by atoms with van der Waals surface area (Å²) in [6.07, 6.45) is 2.11. The van der Waals surface area contributed by atoms with Gasteiger partial charge < -0.3 is 25.3 Å². The number of carbonyl (C=O) groups excluding carboxylic acids is 1. The summed E-state index contributed by atoms with van der Waals surface area (Å²) in [6, 6.07) is 3.82. The number of fused-ring (bicyclic) bond motifs is 3. The standard InChI is InChI=1S/C23H33N7O5/c1-16(14-29(32)15-24)22(31)27-23-26-19-17(21-25-6-8-30(21)23)4-5-18(20(19)33-2)35-11-3-7-28-9-12-34-13-10-28/h4-5,14,25,32H,3,6-13,15,24H2,1-2H3/b16-14+,27-23?. The smallest absolute Gasteiger partial charge is 0.277 e. The number of amides is 1. The highest BCUT2D eigenvalue weighted by Gasteiger charge is 2.21. The topological polar surface area (TPSA) is 140 Å². The molecule has 0 saturated carbocycles. The summed E-state index contributed by atoms with van der Waals surface area (Å²) < 4.78 is 19.0. The predicted molar refractivity (Wildman–Crippen MR) is 129 cm³/mol. The van der Waals surface area contributed by atoms with Crippen LogP contribution in [-0.2, 0) is 16.1 Å². The third-order valence-corrected chi connectivity index (χ3v) is 5.95. The molecule has 35 heavy (non-hydrogen) atoms. The van der Waals surface area contributed by atoms with Crippen LogP contribution in [-0.4, -0.2) is 90.4 Å². The fraction of sp³-hybridized carbons (Fsp3) is 0.522. The molecule has 2 aliphatic rings. The number of benzene rings is 1. The van der Waals surface area contributed by atoms with Crippen LogP contribution in [0, 0.1) is 0 Å². The average Bonchev–Trinajstić information content (AvgIpc) is 3.37. The van der Waals surface area contributed by atoms with Gasteiger partial charge in [0.25, 0.3) is 5.91 Å². The van der Waals surface area contributed by atoms with Crippen LogP contribution in [0.2, 0.25) is 0 Å². The SMILES string of the molecule is COc1c(OCCCN2CCOCC2)ccc2c3n(c(=NC(=O)/C(C)=C/N(O)CN)nc12)CCN3. The molecule has 1 fully saturated rings. The quantitative estimate of drug-likeness (QED) is 0.198. The first kappa shape index (κ1) is 24.9. The Hall–Kier alpha value is -3.19. The van der Waals surface area contributed by atoms with Crippen molar-refractivity contribution in [3.63, 3.8) is 0 Å². The molecule has 1 saturated heterocycles. The van der Waals surface area contributed by atoms with Crippen LogP contribution >= 0.6 is 0 Å². The van der Waals surface area contributed by atoms with Crippen molar-refractivity contribution in [1.29, 1.82) is 0 Å². The van der Waals surface area contributed by atoms with Crippen molar-refractivity contribution < 1.29 is 24.2 Å². The fourth-order valence-electron chi connectivity index (χ4n) is 4.15. The van der Waals surface area contributed by atoms with Gasteiger partial charge >= 0.3 is 0 Å². The van der Waals surface area contributed by atoms with Gasteiger partial charge in [0.1, 0.15) is 11.3 Å². The number of nitrogens with one attached hydrogen (secondary N) is 1. The zero-order valence-corrected chi connectivity index (χ0v) is 20.2. The molecule has 0 spiro atoms. The Morgan fingerprint density at radius 2 is 2.17 bits per heavy atom. The lowest BCUT2D eigenvalue weighted by molar-refractivity contribution is -0.115. The van der Waals surface area contributed by atoms with Gasteiger partial charge in [0.05, 0.1) is 33.6 Å². The van der Waals surface area contributed by atoms with Gasteiger partial charge in [-0.2, -0.15) is 4.99 Å². The molecule has 190 valence electrons. The molecule has 12 nitrogen and oxygen atoms in total. The summed E-state index contributed by atoms with van der Waals surface area (Å²) in [5.41, 5.74) is 6.39. The molecular formula is C23H33N7O5. The van der Waals surface area contributed by atoms with Gasteiger partial charge in [0.15, 0.2) is 11.5 Å². The summed E-state index contributed by atoms with van der Waals surface area (Å²) in [7, 11) is 1.57. The van der Waals surface area contributed by atoms with Crippen LogP contribution in [0.3, 0.4) is 0 Å². The maximum atomic E-state index is 12.7. The number of hydroxylamine groups is 2. The minimum atomic E-state index is -0.527. The Morgan fingerprint density at radius 1 is 1.37 bits per heavy atom. The van der Waals surface area contributed by atoms with Crippen molar-refractivity contribution in [3.05, 3.63) is 29.5 Å². The van der Waals surface area contributed by atoms with E-state index in [2.05, 4.69) is 20.2 Å². The highest BCUT2D eigenvalue weighted by Crippen LogP contribution is 2.37. The molecule has 0 unspecified atom stereocenters. The molecule has 4 rings (SSSR count). The van der Waals surface area contributed by atoms with E-state index < -0.39 is 5.91 Å². The van der Waals surface area contributed by atoms with E-state index in [1.807, 2.05) is 16.7 Å². The number of aromatic nitrogens is 2. The summed E-state index contributed by atoms with van der Waals surface area (Å²) in [6.45, 7) is 7.64. The normalized spacial score (nSPS) is 16.8. The molecule has 1 aromatic heterocycles. The molecule has 3 heterocycles. The number of anilines is 1. The highest BCUT2D eigenvalue weighted by molar-refractivity contribution is 5.96. The first-order chi connectivity index (χ1) is 17.0. The Bertz CT molecular complexity index is 1160. The minimum absolute atomic E-state index is 0.140. The number of hydrogen-bond donors (Lipinski definition) is 3. The second-order valence-electron chi connectivity index (χ2n) is 8.34. The number of nitrogens with zero attached hydrogens (tertiary/aromatic N) is 5. The number of morpholine rings is 1. The van der Waals surface area contributed by atoms with Crippen LogP contribution in [0.25, 0.3) is 10.9 Å². The van der Waals surface area contributed by atoms with Gasteiger partial charge in [-0.15, -0.1) is 0 Å². The van der Waals surface area contributed by atoms with E-state index in [0.29, 0.717) is 36.7 Å². The van der Waals surface area contributed by atoms with Gasteiger partial charge in [-0.1, -0.05) is 0 Å². The number of carbonyl (C=O) groups is 1. The van der Waals surface area contributed by atoms with E-state index in [4.69, 9.17) is 19.9 Å². The van der Waals surface area contributed by atoms with Crippen LogP contribution in [0.5, 0.6) is 11.5 Å². The van der Waals surface area contributed by atoms with E-state index >= 15 is 0 Å². The summed E-state index contributed by atoms with van der Waals surface area (Å²) in [4.78, 5) is 23.9. The molecule has 12 heteroatoms. The van der Waals surface area contributed by atoms with Crippen molar-refractivity contribution >= 4 is 22.6 Å². The molecule has 0 radical (unpaired) electrons. The first-order valence-corrected chi connectivity index (χ1v) is 11.7. The molecule has 1 aromatic carbocycles. The number of rotatable bonds is 9. The number of nitrogens with two attached hydrogens (primary N) is 1. The molecule has 0 atom stereocenters. The van der Waals surface area contributed by atoms with Crippen LogP contribution in [0.15, 0.2) is 28.9 Å². The Morgan fingerprint density at radius 3 is 2.91 bits per heavy atom. The zero-order valence-electron chi connectivity index (χ0n) is 20.2. The predicted octanol–water partition coefficient (Wildman–Crippen LogP) is 0.510. The van der Waals surface area contributed by atoms with Crippen molar-refractivity contribution in [2.45, 2.75) is 19.9 Å². The number of ether oxygens (including phenoxy) is 3. The Kier molecular flexibility index (Phi) is 8.18. The van der Waals surface area contributed by atoms with Gasteiger partial charge in [-0.05, 0) is 25.5 Å². The second kappa shape index (κ2) is 11.5. The van der Waals surface area contributed by atoms with Gasteiger partial charge in [0, 0.05) is 49.9 Å².